The van der Waals surface area contributed by atoms with Gasteiger partial charge >= 0.3 is 0 Å². The topological polar surface area (TPSA) is 96.0 Å². The first-order chi connectivity index (χ1) is 18.1. The maximum atomic E-state index is 13.9. The van der Waals surface area contributed by atoms with Crippen LogP contribution in [0.4, 0.5) is 5.69 Å². The summed E-state index contributed by atoms with van der Waals surface area (Å²) in [4.78, 5) is 28.1. The number of carbonyl (C=O) groups is 2. The van der Waals surface area contributed by atoms with Crippen molar-refractivity contribution >= 4 is 39.1 Å². The van der Waals surface area contributed by atoms with Crippen LogP contribution in [0.2, 0.25) is 5.02 Å². The molecule has 0 aliphatic carbocycles. The lowest BCUT2D eigenvalue weighted by Crippen LogP contribution is -2.51. The Balaban J connectivity index is 2.07. The van der Waals surface area contributed by atoms with Crippen LogP contribution in [0.15, 0.2) is 77.7 Å². The normalized spacial score (nSPS) is 11.9. The Morgan fingerprint density at radius 1 is 1.03 bits per heavy atom. The number of aryl methyl sites for hydroxylation is 1. The summed E-state index contributed by atoms with van der Waals surface area (Å²) in [6, 6.07) is 19.2. The summed E-state index contributed by atoms with van der Waals surface area (Å²) >= 11 is 6.33. The van der Waals surface area contributed by atoms with Crippen molar-refractivity contribution in [2.45, 2.75) is 37.8 Å². The smallest absolute Gasteiger partial charge is 0.264 e. The zero-order valence-corrected chi connectivity index (χ0v) is 23.4. The molecule has 1 unspecified atom stereocenters. The minimum Gasteiger partial charge on any atom is -0.495 e. The van der Waals surface area contributed by atoms with Crippen LogP contribution in [0.3, 0.4) is 0 Å². The number of likely N-dealkylation sites (N-methyl/N-ethyl adjacent to an activating group) is 1. The number of benzene rings is 3. The number of carbonyl (C=O) groups excluding carboxylic acids is 2. The van der Waals surface area contributed by atoms with E-state index in [9.17, 15) is 18.0 Å². The molecule has 202 valence electrons. The highest BCUT2D eigenvalue weighted by molar-refractivity contribution is 7.92. The predicted molar refractivity (Wildman–Crippen MR) is 149 cm³/mol. The molecule has 0 fully saturated rings. The van der Waals surface area contributed by atoms with Crippen LogP contribution in [0.1, 0.15) is 24.5 Å². The van der Waals surface area contributed by atoms with Crippen LogP contribution in [-0.4, -0.2) is 51.9 Å². The van der Waals surface area contributed by atoms with E-state index in [0.29, 0.717) is 12.2 Å². The number of anilines is 1. The van der Waals surface area contributed by atoms with Crippen molar-refractivity contribution in [1.29, 1.82) is 0 Å². The van der Waals surface area contributed by atoms with Gasteiger partial charge in [0.05, 0.1) is 22.7 Å². The van der Waals surface area contributed by atoms with Gasteiger partial charge in [0.15, 0.2) is 0 Å². The molecule has 0 aliphatic rings. The van der Waals surface area contributed by atoms with Crippen LogP contribution in [0.5, 0.6) is 5.75 Å². The number of amides is 2. The van der Waals surface area contributed by atoms with E-state index in [1.165, 1.54) is 43.3 Å². The summed E-state index contributed by atoms with van der Waals surface area (Å²) < 4.78 is 33.8. The number of hydrogen-bond donors (Lipinski definition) is 1. The maximum absolute atomic E-state index is 13.9. The zero-order chi connectivity index (χ0) is 27.9. The molecule has 0 saturated carbocycles. The molecular weight excluding hydrogens is 526 g/mol. The van der Waals surface area contributed by atoms with Gasteiger partial charge in [0.2, 0.25) is 11.8 Å². The Hall–Kier alpha value is -3.56. The molecule has 0 aliphatic heterocycles. The molecule has 3 aromatic rings. The van der Waals surface area contributed by atoms with Crippen molar-refractivity contribution < 1.29 is 22.7 Å². The van der Waals surface area contributed by atoms with E-state index >= 15 is 0 Å². The average molecular weight is 558 g/mol. The van der Waals surface area contributed by atoms with Crippen molar-refractivity contribution in [3.63, 3.8) is 0 Å². The second kappa shape index (κ2) is 12.8. The minimum atomic E-state index is -4.17. The summed E-state index contributed by atoms with van der Waals surface area (Å²) in [5.41, 5.74) is 2.06. The van der Waals surface area contributed by atoms with E-state index in [4.69, 9.17) is 16.3 Å². The van der Waals surface area contributed by atoms with Gasteiger partial charge in [-0.2, -0.15) is 0 Å². The fraction of sp³-hybridized carbons (Fsp3) is 0.286. The first-order valence-corrected chi connectivity index (χ1v) is 13.9. The SMILES string of the molecule is CCC(C(=O)NC)N(Cc1ccc(C)cc1)C(=O)CN(c1ccc(OC)c(Cl)c1)S(=O)(=O)c1ccccc1. The van der Waals surface area contributed by atoms with Gasteiger partial charge in [0.25, 0.3) is 10.0 Å². The molecule has 1 atom stereocenters. The van der Waals surface area contributed by atoms with Gasteiger partial charge in [-0.1, -0.05) is 66.6 Å². The van der Waals surface area contributed by atoms with Crippen molar-refractivity contribution in [3.8, 4) is 5.75 Å². The minimum absolute atomic E-state index is 0.0168. The van der Waals surface area contributed by atoms with Crippen molar-refractivity contribution in [2.24, 2.45) is 0 Å². The van der Waals surface area contributed by atoms with Crippen LogP contribution in [0.25, 0.3) is 0 Å². The third-order valence-electron chi connectivity index (χ3n) is 6.14. The van der Waals surface area contributed by atoms with Crippen LogP contribution in [-0.2, 0) is 26.2 Å². The van der Waals surface area contributed by atoms with Crippen molar-refractivity contribution in [2.75, 3.05) is 25.0 Å². The van der Waals surface area contributed by atoms with Crippen LogP contribution >= 0.6 is 11.6 Å². The Bertz CT molecular complexity index is 1360. The monoisotopic (exact) mass is 557 g/mol. The van der Waals surface area contributed by atoms with Crippen molar-refractivity contribution in [3.05, 3.63) is 88.9 Å². The van der Waals surface area contributed by atoms with Crippen molar-refractivity contribution in [1.82, 2.24) is 10.2 Å². The number of methoxy groups -OCH3 is 1. The average Bonchev–Trinajstić information content (AvgIpc) is 2.92. The molecular formula is C28H32ClN3O5S. The molecule has 2 amide bonds. The lowest BCUT2D eigenvalue weighted by molar-refractivity contribution is -0.140. The fourth-order valence-corrected chi connectivity index (χ4v) is 5.71. The van der Waals surface area contributed by atoms with Crippen LogP contribution in [0, 0.1) is 6.92 Å². The summed E-state index contributed by atoms with van der Waals surface area (Å²) in [7, 11) is -1.21. The summed E-state index contributed by atoms with van der Waals surface area (Å²) in [6.45, 7) is 3.35. The van der Waals surface area contributed by atoms with Gasteiger partial charge in [-0.3, -0.25) is 13.9 Å². The molecule has 0 radical (unpaired) electrons. The second-order valence-corrected chi connectivity index (χ2v) is 11.0. The number of nitrogens with one attached hydrogen (secondary N) is 1. The summed E-state index contributed by atoms with van der Waals surface area (Å²) in [6.07, 6.45) is 0.344. The number of hydrogen-bond acceptors (Lipinski definition) is 5. The molecule has 0 spiro atoms. The van der Waals surface area contributed by atoms with E-state index in [-0.39, 0.29) is 28.1 Å². The molecule has 3 rings (SSSR count). The van der Waals surface area contributed by atoms with Gasteiger partial charge < -0.3 is 15.0 Å². The molecule has 0 bridgehead atoms. The van der Waals surface area contributed by atoms with Gasteiger partial charge in [-0.25, -0.2) is 8.42 Å². The highest BCUT2D eigenvalue weighted by Gasteiger charge is 2.33. The van der Waals surface area contributed by atoms with E-state index in [1.807, 2.05) is 31.2 Å². The number of nitrogens with zero attached hydrogens (tertiary/aromatic N) is 2. The molecule has 0 heterocycles. The number of sulfonamides is 1. The standard InChI is InChI=1S/C28H32ClN3O5S/c1-5-25(28(34)30-3)31(18-21-13-11-20(2)12-14-21)27(33)19-32(22-15-16-26(37-4)24(29)17-22)38(35,36)23-9-7-6-8-10-23/h6-17,25H,5,18-19H2,1-4H3,(H,30,34). The highest BCUT2D eigenvalue weighted by atomic mass is 35.5. The van der Waals surface area contributed by atoms with Gasteiger partial charge in [-0.05, 0) is 49.2 Å². The largest absolute Gasteiger partial charge is 0.495 e. The Labute approximate surface area is 229 Å². The number of rotatable bonds is 11. The van der Waals surface area contributed by atoms with E-state index in [0.717, 1.165) is 15.4 Å². The highest BCUT2D eigenvalue weighted by Crippen LogP contribution is 2.32. The van der Waals surface area contributed by atoms with Gasteiger partial charge in [0.1, 0.15) is 18.3 Å². The Kier molecular flexibility index (Phi) is 9.77. The third kappa shape index (κ3) is 6.65. The maximum Gasteiger partial charge on any atom is 0.264 e. The fourth-order valence-electron chi connectivity index (χ4n) is 4.04. The molecule has 1 N–H and O–H groups in total. The Morgan fingerprint density at radius 2 is 1.68 bits per heavy atom. The Morgan fingerprint density at radius 3 is 2.24 bits per heavy atom. The lowest BCUT2D eigenvalue weighted by atomic mass is 10.1. The summed E-state index contributed by atoms with van der Waals surface area (Å²) in [5.74, 6) is -0.504. The molecule has 10 heteroatoms. The van der Waals surface area contributed by atoms with Gasteiger partial charge in [-0.15, -0.1) is 0 Å². The van der Waals surface area contributed by atoms with Crippen LogP contribution < -0.4 is 14.4 Å². The quantitative estimate of drug-likeness (QED) is 0.377. The van der Waals surface area contributed by atoms with E-state index in [2.05, 4.69) is 5.32 Å². The number of halogens is 1. The molecule has 3 aromatic carbocycles. The first kappa shape index (κ1) is 29.0. The lowest BCUT2D eigenvalue weighted by Gasteiger charge is -2.33. The molecule has 38 heavy (non-hydrogen) atoms. The molecule has 0 saturated heterocycles. The zero-order valence-electron chi connectivity index (χ0n) is 21.8. The van der Waals surface area contributed by atoms with Gasteiger partial charge in [0, 0.05) is 13.6 Å². The first-order valence-electron chi connectivity index (χ1n) is 12.1. The van der Waals surface area contributed by atoms with E-state index < -0.39 is 28.5 Å². The predicted octanol–water partition coefficient (Wildman–Crippen LogP) is 4.41. The second-order valence-electron chi connectivity index (χ2n) is 8.69. The molecule has 8 nitrogen and oxygen atoms in total. The molecule has 0 aromatic heterocycles. The van der Waals surface area contributed by atoms with E-state index in [1.54, 1.807) is 31.2 Å². The third-order valence-corrected chi connectivity index (χ3v) is 8.22. The number of ether oxygens (including phenoxy) is 1. The summed E-state index contributed by atoms with van der Waals surface area (Å²) in [5, 5.41) is 2.80.